The number of ether oxygens (including phenoxy) is 2. The van der Waals surface area contributed by atoms with Crippen LogP contribution in [0, 0.1) is 5.92 Å². The fourth-order valence-corrected chi connectivity index (χ4v) is 5.30. The van der Waals surface area contributed by atoms with E-state index in [1.165, 1.54) is 75.9 Å². The molecule has 0 aromatic heterocycles. The SMILES string of the molecule is CCCCCCCCCCCCCCC(=O)O[C@H]1CC[C@H](NC(=O)[C@H](OC)[C@H](O)[C@@H](O)[C@H](O)/C=C/C(C)C)C(=O)N(C)C1. The summed E-state index contributed by atoms with van der Waals surface area (Å²) in [6.07, 6.45) is 11.8. The lowest BCUT2D eigenvalue weighted by atomic mass is 10.00. The third kappa shape index (κ3) is 16.0. The number of hydrogen-bond donors (Lipinski definition) is 4. The summed E-state index contributed by atoms with van der Waals surface area (Å²) >= 11 is 0. The number of aliphatic hydroxyl groups excluding tert-OH is 3. The number of hydrogen-bond acceptors (Lipinski definition) is 8. The lowest BCUT2D eigenvalue weighted by molar-refractivity contribution is -0.151. The van der Waals surface area contributed by atoms with Crippen molar-refractivity contribution in [2.45, 2.75) is 154 Å². The average Bonchev–Trinajstić information content (AvgIpc) is 3.09. The summed E-state index contributed by atoms with van der Waals surface area (Å²) in [5.74, 6) is -1.29. The molecule has 0 spiro atoms. The second-order valence-corrected chi connectivity index (χ2v) is 12.4. The van der Waals surface area contributed by atoms with E-state index in [0.717, 1.165) is 19.3 Å². The molecule has 1 aliphatic rings. The lowest BCUT2D eigenvalue weighted by Gasteiger charge is -2.28. The summed E-state index contributed by atoms with van der Waals surface area (Å²) in [5, 5.41) is 33.6. The van der Waals surface area contributed by atoms with Crippen molar-refractivity contribution >= 4 is 17.8 Å². The summed E-state index contributed by atoms with van der Waals surface area (Å²) < 4.78 is 10.8. The quantitative estimate of drug-likeness (QED) is 0.0815. The molecule has 1 aliphatic heterocycles. The van der Waals surface area contributed by atoms with E-state index >= 15 is 0 Å². The van der Waals surface area contributed by atoms with Crippen molar-refractivity contribution < 1.29 is 39.2 Å². The molecule has 0 saturated carbocycles. The van der Waals surface area contributed by atoms with E-state index in [-0.39, 0.29) is 30.8 Å². The molecular weight excluding hydrogens is 552 g/mol. The van der Waals surface area contributed by atoms with Crippen LogP contribution in [-0.4, -0.2) is 95.3 Å². The maximum absolute atomic E-state index is 13.0. The molecule has 10 nitrogen and oxygen atoms in total. The summed E-state index contributed by atoms with van der Waals surface area (Å²) in [7, 11) is 2.78. The van der Waals surface area contributed by atoms with Gasteiger partial charge in [-0.05, 0) is 25.2 Å². The first kappa shape index (κ1) is 39.0. The first-order valence-electron chi connectivity index (χ1n) is 16.5. The van der Waals surface area contributed by atoms with Crippen LogP contribution in [0.25, 0.3) is 0 Å². The Hall–Kier alpha value is -2.01. The number of carbonyl (C=O) groups excluding carboxylic acids is 3. The number of carbonyl (C=O) groups is 3. The van der Waals surface area contributed by atoms with E-state index in [0.29, 0.717) is 12.8 Å². The number of aliphatic hydroxyl groups is 3. The van der Waals surface area contributed by atoms with E-state index in [1.54, 1.807) is 13.1 Å². The topological polar surface area (TPSA) is 146 Å². The third-order valence-corrected chi connectivity index (χ3v) is 7.99. The van der Waals surface area contributed by atoms with Gasteiger partial charge >= 0.3 is 5.97 Å². The van der Waals surface area contributed by atoms with E-state index < -0.39 is 42.5 Å². The van der Waals surface area contributed by atoms with Gasteiger partial charge < -0.3 is 35.0 Å². The number of likely N-dealkylation sites (tertiary alicyclic amines) is 1. The third-order valence-electron chi connectivity index (χ3n) is 7.99. The van der Waals surface area contributed by atoms with Crippen LogP contribution in [0.5, 0.6) is 0 Å². The summed E-state index contributed by atoms with van der Waals surface area (Å²) in [6.45, 7) is 6.24. The molecule has 2 amide bonds. The Morgan fingerprint density at radius 3 is 2.00 bits per heavy atom. The van der Waals surface area contributed by atoms with Gasteiger partial charge in [-0.1, -0.05) is 104 Å². The van der Waals surface area contributed by atoms with Crippen LogP contribution in [0.2, 0.25) is 0 Å². The summed E-state index contributed by atoms with van der Waals surface area (Å²) in [6, 6.07) is -0.912. The van der Waals surface area contributed by atoms with Crippen LogP contribution in [0.15, 0.2) is 12.2 Å². The zero-order valence-corrected chi connectivity index (χ0v) is 27.3. The molecule has 0 aromatic rings. The molecule has 1 fully saturated rings. The molecule has 10 heteroatoms. The highest BCUT2D eigenvalue weighted by Crippen LogP contribution is 2.18. The monoisotopic (exact) mass is 612 g/mol. The van der Waals surface area contributed by atoms with Gasteiger partial charge in [-0.15, -0.1) is 0 Å². The Bertz CT molecular complexity index is 821. The fourth-order valence-electron chi connectivity index (χ4n) is 5.30. The van der Waals surface area contributed by atoms with E-state index in [2.05, 4.69) is 12.2 Å². The fraction of sp³-hybridized carbons (Fsp3) is 0.848. The molecule has 0 radical (unpaired) electrons. The van der Waals surface area contributed by atoms with Gasteiger partial charge in [0.05, 0.1) is 6.54 Å². The molecule has 0 aromatic carbocycles. The number of nitrogens with zero attached hydrogens (tertiary/aromatic N) is 1. The molecule has 0 aliphatic carbocycles. The number of esters is 1. The maximum atomic E-state index is 13.0. The number of nitrogens with one attached hydrogen (secondary N) is 1. The minimum atomic E-state index is -1.73. The highest BCUT2D eigenvalue weighted by atomic mass is 16.5. The molecular formula is C33H60N2O8. The van der Waals surface area contributed by atoms with Crippen molar-refractivity contribution in [3.8, 4) is 0 Å². The molecule has 0 unspecified atom stereocenters. The van der Waals surface area contributed by atoms with E-state index in [9.17, 15) is 29.7 Å². The molecule has 1 rings (SSSR count). The van der Waals surface area contributed by atoms with Crippen molar-refractivity contribution in [2.75, 3.05) is 20.7 Å². The molecule has 1 heterocycles. The van der Waals surface area contributed by atoms with Gasteiger partial charge in [-0.2, -0.15) is 0 Å². The molecule has 0 bridgehead atoms. The molecule has 4 N–H and O–H groups in total. The first-order chi connectivity index (χ1) is 20.5. The number of unbranched alkanes of at least 4 members (excludes halogenated alkanes) is 11. The van der Waals surface area contributed by atoms with Gasteiger partial charge in [0.2, 0.25) is 5.91 Å². The van der Waals surface area contributed by atoms with Crippen molar-refractivity contribution in [1.82, 2.24) is 10.2 Å². The van der Waals surface area contributed by atoms with Crippen LogP contribution in [0.1, 0.15) is 117 Å². The smallest absolute Gasteiger partial charge is 0.306 e. The van der Waals surface area contributed by atoms with Gasteiger partial charge in [0.1, 0.15) is 30.5 Å². The van der Waals surface area contributed by atoms with Crippen molar-refractivity contribution in [1.29, 1.82) is 0 Å². The highest BCUT2D eigenvalue weighted by molar-refractivity contribution is 5.89. The minimum absolute atomic E-state index is 0.122. The number of amides is 2. The zero-order chi connectivity index (χ0) is 32.2. The number of allylic oxidation sites excluding steroid dienone is 1. The van der Waals surface area contributed by atoms with Crippen LogP contribution >= 0.6 is 0 Å². The molecule has 1 saturated heterocycles. The van der Waals surface area contributed by atoms with Crippen LogP contribution in [-0.2, 0) is 23.9 Å². The van der Waals surface area contributed by atoms with Gasteiger partial charge in [-0.25, -0.2) is 0 Å². The van der Waals surface area contributed by atoms with Gasteiger partial charge in [0.25, 0.3) is 5.91 Å². The normalized spacial score (nSPS) is 20.6. The molecule has 43 heavy (non-hydrogen) atoms. The van der Waals surface area contributed by atoms with Gasteiger partial charge in [-0.3, -0.25) is 14.4 Å². The average molecular weight is 613 g/mol. The Morgan fingerprint density at radius 2 is 1.47 bits per heavy atom. The second kappa shape index (κ2) is 22.5. The molecule has 6 atom stereocenters. The standard InChI is InChI=1S/C33H60N2O8/c1-6-7-8-9-10-11-12-13-14-15-16-17-18-28(37)43-25-20-21-26(33(41)35(4)23-25)34-32(40)31(42-5)30(39)29(38)27(36)22-19-24(2)3/h19,22,24-27,29-31,36,38-39H,6-18,20-21,23H2,1-5H3,(H,34,40)/b22-19+/t25-,26-,27+,29-,30+,31+/m0/s1. The Labute approximate surface area is 259 Å². The maximum Gasteiger partial charge on any atom is 0.306 e. The highest BCUT2D eigenvalue weighted by Gasteiger charge is 2.38. The van der Waals surface area contributed by atoms with Crippen LogP contribution < -0.4 is 5.32 Å². The number of rotatable bonds is 22. The van der Waals surface area contributed by atoms with E-state index in [4.69, 9.17) is 9.47 Å². The van der Waals surface area contributed by atoms with Crippen LogP contribution in [0.4, 0.5) is 0 Å². The Kier molecular flexibility index (Phi) is 20.4. The minimum Gasteiger partial charge on any atom is -0.460 e. The predicted molar refractivity (Wildman–Crippen MR) is 167 cm³/mol. The molecule has 250 valence electrons. The van der Waals surface area contributed by atoms with Crippen molar-refractivity contribution in [3.05, 3.63) is 12.2 Å². The zero-order valence-electron chi connectivity index (χ0n) is 27.3. The van der Waals surface area contributed by atoms with Crippen LogP contribution in [0.3, 0.4) is 0 Å². The van der Waals surface area contributed by atoms with Crippen molar-refractivity contribution in [3.63, 3.8) is 0 Å². The van der Waals surface area contributed by atoms with Gasteiger partial charge in [0, 0.05) is 20.6 Å². The Balaban J connectivity index is 2.43. The summed E-state index contributed by atoms with van der Waals surface area (Å²) in [5.41, 5.74) is 0. The number of methoxy groups -OCH3 is 1. The van der Waals surface area contributed by atoms with Crippen molar-refractivity contribution in [2.24, 2.45) is 5.92 Å². The Morgan fingerprint density at radius 1 is 0.907 bits per heavy atom. The first-order valence-corrected chi connectivity index (χ1v) is 16.5. The van der Waals surface area contributed by atoms with E-state index in [1.807, 2.05) is 13.8 Å². The van der Waals surface area contributed by atoms with Gasteiger partial charge in [0.15, 0.2) is 6.10 Å². The predicted octanol–water partition coefficient (Wildman–Crippen LogP) is 4.04. The second-order valence-electron chi connectivity index (χ2n) is 12.4. The largest absolute Gasteiger partial charge is 0.460 e. The summed E-state index contributed by atoms with van der Waals surface area (Å²) in [4.78, 5) is 39.8. The number of likely N-dealkylation sites (N-methyl/N-ethyl adjacent to an activating group) is 1. The lowest BCUT2D eigenvalue weighted by Crippen LogP contribution is -2.55.